The van der Waals surface area contributed by atoms with Gasteiger partial charge in [0.2, 0.25) is 11.1 Å². The number of nitrogens with zero attached hydrogens (tertiary/aromatic N) is 5. The van der Waals surface area contributed by atoms with Crippen LogP contribution in [0.15, 0.2) is 64.3 Å². The minimum absolute atomic E-state index is 0. The van der Waals surface area contributed by atoms with E-state index < -0.39 is 0 Å². The predicted molar refractivity (Wildman–Crippen MR) is 113 cm³/mol. The molecule has 7 nitrogen and oxygen atoms in total. The molecule has 30 heavy (non-hydrogen) atoms. The molecule has 0 amide bonds. The average Bonchev–Trinajstić information content (AvgIpc) is 3.30. The molecule has 0 radical (unpaired) electrons. The van der Waals surface area contributed by atoms with Crippen molar-refractivity contribution in [3.05, 3.63) is 86.8 Å². The van der Waals surface area contributed by atoms with Crippen LogP contribution in [0.25, 0.3) is 26.3 Å². The molecule has 9 heteroatoms. The van der Waals surface area contributed by atoms with Crippen LogP contribution < -0.4 is 45.8 Å². The first-order chi connectivity index (χ1) is 14.2. The van der Waals surface area contributed by atoms with E-state index >= 15 is 0 Å². The number of para-hydroxylation sites is 1. The maximum absolute atomic E-state index is 13.2. The smallest absolute Gasteiger partial charge is 0.585 e. The Morgan fingerprint density at radius 1 is 1.10 bits per heavy atom. The van der Waals surface area contributed by atoms with Crippen molar-refractivity contribution in [1.29, 1.82) is 0 Å². The minimum atomic E-state index is -0.259. The van der Waals surface area contributed by atoms with Crippen LogP contribution >= 0.6 is 11.3 Å². The van der Waals surface area contributed by atoms with Crippen LogP contribution in [0.4, 0.5) is 0 Å². The Balaban J connectivity index is 0.00000218. The summed E-state index contributed by atoms with van der Waals surface area (Å²) in [5, 5.41) is 5.38. The summed E-state index contributed by atoms with van der Waals surface area (Å²) in [4.78, 5) is 34.9. The minimum Gasteiger partial charge on any atom is -0.585 e. The summed E-state index contributed by atoms with van der Waals surface area (Å²) in [5.41, 5.74) is 2.18. The third kappa shape index (κ3) is 3.45. The van der Waals surface area contributed by atoms with Crippen LogP contribution in [0, 0.1) is 0 Å². The topological polar surface area (TPSA) is 83.9 Å². The summed E-state index contributed by atoms with van der Waals surface area (Å²) in [6.45, 7) is 2.24. The van der Waals surface area contributed by atoms with Gasteiger partial charge in [-0.3, -0.25) is 14.6 Å². The third-order valence-electron chi connectivity index (χ3n) is 4.86. The molecule has 1 aromatic carbocycles. The zero-order valence-electron chi connectivity index (χ0n) is 16.6. The number of aromatic nitrogens is 5. The maximum Gasteiger partial charge on any atom is 1.00 e. The maximum atomic E-state index is 13.2. The largest absolute Gasteiger partial charge is 1.00 e. The average molecular weight is 425 g/mol. The molecule has 0 unspecified atom stereocenters. The number of rotatable bonds is 4. The fraction of sp³-hybridized carbons (Fsp3) is 0.143. The van der Waals surface area contributed by atoms with Gasteiger partial charge in [0.05, 0.1) is 22.5 Å². The first-order valence-electron chi connectivity index (χ1n) is 9.24. The zero-order valence-corrected chi connectivity index (χ0v) is 19.4. The summed E-state index contributed by atoms with van der Waals surface area (Å²) in [7, 11) is 0. The van der Waals surface area contributed by atoms with Gasteiger partial charge < -0.3 is 14.3 Å². The molecule has 5 aromatic rings. The number of hydrogen-bond donors (Lipinski definition) is 0. The Morgan fingerprint density at radius 3 is 2.63 bits per heavy atom. The molecule has 144 valence electrons. The summed E-state index contributed by atoms with van der Waals surface area (Å²) in [6.07, 6.45) is 2.22. The van der Waals surface area contributed by atoms with E-state index in [9.17, 15) is 9.59 Å². The molecule has 0 N–H and O–H groups in total. The molecule has 0 aliphatic heterocycles. The van der Waals surface area contributed by atoms with E-state index in [4.69, 9.17) is 0 Å². The van der Waals surface area contributed by atoms with E-state index in [1.165, 1.54) is 22.1 Å². The molecule has 0 aliphatic rings. The Morgan fingerprint density at radius 2 is 1.90 bits per heavy atom. The van der Waals surface area contributed by atoms with E-state index in [-0.39, 0.29) is 40.7 Å². The molecule has 0 bridgehead atoms. The third-order valence-corrected chi connectivity index (χ3v) is 5.87. The van der Waals surface area contributed by atoms with Gasteiger partial charge in [-0.15, -0.1) is 5.52 Å². The van der Waals surface area contributed by atoms with Gasteiger partial charge in [-0.1, -0.05) is 36.5 Å². The van der Waals surface area contributed by atoms with E-state index in [1.807, 2.05) is 49.4 Å². The number of hydrogen-bond acceptors (Lipinski definition) is 5. The van der Waals surface area contributed by atoms with Gasteiger partial charge >= 0.3 is 29.6 Å². The summed E-state index contributed by atoms with van der Waals surface area (Å²) >= 11 is 1.40. The van der Waals surface area contributed by atoms with Gasteiger partial charge in [-0.05, 0) is 36.8 Å². The normalized spacial score (nSPS) is 11.1. The second kappa shape index (κ2) is 8.31. The van der Waals surface area contributed by atoms with Gasteiger partial charge in [0.15, 0.2) is 5.13 Å². The summed E-state index contributed by atoms with van der Waals surface area (Å²) in [6, 6.07) is 14.7. The van der Waals surface area contributed by atoms with Crippen molar-refractivity contribution >= 4 is 32.5 Å². The molecule has 5 rings (SSSR count). The molecule has 0 saturated carbocycles. The van der Waals surface area contributed by atoms with Crippen molar-refractivity contribution in [1.82, 2.24) is 24.3 Å². The van der Waals surface area contributed by atoms with Gasteiger partial charge in [0.25, 0.3) is 0 Å². The monoisotopic (exact) mass is 425 g/mol. The van der Waals surface area contributed by atoms with E-state index in [2.05, 4.69) is 15.1 Å². The number of aryl methyl sites for hydroxylation is 1. The van der Waals surface area contributed by atoms with Crippen molar-refractivity contribution in [2.24, 2.45) is 0 Å². The Hall–Kier alpha value is -2.52. The SMILES string of the molecule is CCc1c2c(=O)n(-c3nc4ccccc4s3)[n-]c2cc(=O)n1Cc1ccccn1.[Na+]. The van der Waals surface area contributed by atoms with Crippen molar-refractivity contribution in [2.75, 3.05) is 0 Å². The van der Waals surface area contributed by atoms with Gasteiger partial charge in [-0.25, -0.2) is 4.98 Å². The molecule has 0 saturated heterocycles. The number of thiazole rings is 1. The number of benzene rings is 1. The Labute approximate surface area is 197 Å². The fourth-order valence-corrected chi connectivity index (χ4v) is 4.44. The first kappa shape index (κ1) is 20.7. The van der Waals surface area contributed by atoms with Crippen LogP contribution in [0.5, 0.6) is 0 Å². The molecule has 0 aliphatic carbocycles. The molecule has 4 heterocycles. The quantitative estimate of drug-likeness (QED) is 0.370. The van der Waals surface area contributed by atoms with E-state index in [1.54, 1.807) is 10.8 Å². The van der Waals surface area contributed by atoms with Crippen LogP contribution in [-0.2, 0) is 13.0 Å². The van der Waals surface area contributed by atoms with Crippen LogP contribution in [-0.4, -0.2) is 19.2 Å². The summed E-state index contributed by atoms with van der Waals surface area (Å²) in [5.74, 6) is 0. The molecule has 0 atom stereocenters. The van der Waals surface area contributed by atoms with Crippen molar-refractivity contribution in [3.8, 4) is 5.13 Å². The number of fused-ring (bicyclic) bond motifs is 2. The summed E-state index contributed by atoms with van der Waals surface area (Å²) < 4.78 is 3.89. The second-order valence-electron chi connectivity index (χ2n) is 6.63. The standard InChI is InChI=1S/C21H17N5O2S.Na/c1-2-16-19-15(11-18(27)25(16)12-13-7-5-6-10-22-13)24-26(20(19)28)21-23-14-8-3-4-9-17(14)29-21;/h3-11H,2,12H2,1H3,(H,24,27);/q;+1/p-1. The van der Waals surface area contributed by atoms with Crippen LogP contribution in [0.3, 0.4) is 0 Å². The van der Waals surface area contributed by atoms with E-state index in [0.717, 1.165) is 15.9 Å². The Kier molecular flexibility index (Phi) is 5.75. The molecular weight excluding hydrogens is 409 g/mol. The van der Waals surface area contributed by atoms with Gasteiger partial charge in [0, 0.05) is 17.3 Å². The van der Waals surface area contributed by atoms with Gasteiger partial charge in [-0.2, -0.15) is 0 Å². The van der Waals surface area contributed by atoms with Crippen LogP contribution in [0.2, 0.25) is 0 Å². The molecule has 4 aromatic heterocycles. The first-order valence-corrected chi connectivity index (χ1v) is 10.1. The van der Waals surface area contributed by atoms with Crippen molar-refractivity contribution < 1.29 is 29.6 Å². The van der Waals surface area contributed by atoms with Gasteiger partial charge in [0.1, 0.15) is 0 Å². The predicted octanol–water partition coefficient (Wildman–Crippen LogP) is -0.271. The van der Waals surface area contributed by atoms with Crippen molar-refractivity contribution in [2.45, 2.75) is 19.9 Å². The zero-order chi connectivity index (χ0) is 20.0. The molecule has 0 fully saturated rings. The second-order valence-corrected chi connectivity index (χ2v) is 7.64. The van der Waals surface area contributed by atoms with Crippen LogP contribution in [0.1, 0.15) is 18.3 Å². The fourth-order valence-electron chi connectivity index (χ4n) is 3.53. The number of pyridine rings is 2. The van der Waals surface area contributed by atoms with E-state index in [0.29, 0.717) is 34.7 Å². The Bertz CT molecular complexity index is 1430. The molecule has 0 spiro atoms. The molecular formula is C21H16N5NaO2S. The van der Waals surface area contributed by atoms with Crippen molar-refractivity contribution in [3.63, 3.8) is 0 Å².